The van der Waals surface area contributed by atoms with Crippen LogP contribution >= 0.6 is 11.6 Å². The molecule has 1 saturated carbocycles. The van der Waals surface area contributed by atoms with Crippen LogP contribution in [0.25, 0.3) is 11.1 Å². The predicted molar refractivity (Wildman–Crippen MR) is 128 cm³/mol. The first kappa shape index (κ1) is 23.5. The molecule has 1 aliphatic carbocycles. The first-order chi connectivity index (χ1) is 15.1. The van der Waals surface area contributed by atoms with Crippen LogP contribution < -0.4 is 4.90 Å². The number of anilines is 1. The predicted octanol–water partition coefficient (Wildman–Crippen LogP) is 5.83. The number of amides is 1. The zero-order valence-electron chi connectivity index (χ0n) is 18.8. The van der Waals surface area contributed by atoms with Crippen molar-refractivity contribution < 1.29 is 4.79 Å². The van der Waals surface area contributed by atoms with Gasteiger partial charge in [-0.3, -0.25) is 9.78 Å². The second-order valence-electron chi connectivity index (χ2n) is 8.69. The van der Waals surface area contributed by atoms with Gasteiger partial charge in [0, 0.05) is 55.4 Å². The standard InChI is InChI=1S/C16H18ClN3.C9H17NO/c1-12-4-3-7-20(11-12)16-15(17)8-14(10-19-16)13-5-2-6-18-9-13;1-2-10(8-11)9-6-4-3-5-7-9/h2,5-6,8-10,12H,3-4,7,11H2,1H3;8-9H,2-7H2,1H3. The van der Waals surface area contributed by atoms with E-state index in [4.69, 9.17) is 11.6 Å². The lowest BCUT2D eigenvalue weighted by molar-refractivity contribution is -0.120. The minimum Gasteiger partial charge on any atom is -0.355 e. The number of piperidine rings is 1. The van der Waals surface area contributed by atoms with Crippen LogP contribution in [0.3, 0.4) is 0 Å². The summed E-state index contributed by atoms with van der Waals surface area (Å²) < 4.78 is 0. The van der Waals surface area contributed by atoms with Crippen LogP contribution in [0.15, 0.2) is 36.8 Å². The monoisotopic (exact) mass is 442 g/mol. The third-order valence-electron chi connectivity index (χ3n) is 6.32. The highest BCUT2D eigenvalue weighted by atomic mass is 35.5. The summed E-state index contributed by atoms with van der Waals surface area (Å²) in [5, 5.41) is 0.723. The number of nitrogens with zero attached hydrogens (tertiary/aromatic N) is 4. The average Bonchev–Trinajstić information content (AvgIpc) is 2.81. The quantitative estimate of drug-likeness (QED) is 0.546. The lowest BCUT2D eigenvalue weighted by atomic mass is 9.94. The van der Waals surface area contributed by atoms with E-state index in [-0.39, 0.29) is 0 Å². The Hall–Kier alpha value is -2.14. The summed E-state index contributed by atoms with van der Waals surface area (Å²) >= 11 is 6.44. The summed E-state index contributed by atoms with van der Waals surface area (Å²) in [6.45, 7) is 7.28. The van der Waals surface area contributed by atoms with Gasteiger partial charge in [-0.2, -0.15) is 0 Å². The summed E-state index contributed by atoms with van der Waals surface area (Å²) in [6.07, 6.45) is 15.4. The van der Waals surface area contributed by atoms with Crippen molar-refractivity contribution in [1.29, 1.82) is 0 Å². The Morgan fingerprint density at radius 3 is 2.58 bits per heavy atom. The summed E-state index contributed by atoms with van der Waals surface area (Å²) in [7, 11) is 0. The molecular weight excluding hydrogens is 408 g/mol. The van der Waals surface area contributed by atoms with Crippen molar-refractivity contribution in [3.05, 3.63) is 41.8 Å². The van der Waals surface area contributed by atoms with E-state index in [2.05, 4.69) is 21.8 Å². The number of pyridine rings is 2. The first-order valence-corrected chi connectivity index (χ1v) is 12.0. The van der Waals surface area contributed by atoms with E-state index in [1.807, 2.05) is 42.4 Å². The van der Waals surface area contributed by atoms with Crippen LogP contribution in [0.2, 0.25) is 5.02 Å². The minimum absolute atomic E-state index is 0.547. The maximum absolute atomic E-state index is 10.6. The van der Waals surface area contributed by atoms with E-state index in [0.717, 1.165) is 48.0 Å². The van der Waals surface area contributed by atoms with Gasteiger partial charge in [-0.1, -0.05) is 43.9 Å². The number of hydrogen-bond acceptors (Lipinski definition) is 4. The molecule has 0 radical (unpaired) electrons. The number of hydrogen-bond donors (Lipinski definition) is 0. The zero-order chi connectivity index (χ0) is 22.1. The molecule has 4 rings (SSSR count). The largest absolute Gasteiger partial charge is 0.355 e. The minimum atomic E-state index is 0.547. The second-order valence-corrected chi connectivity index (χ2v) is 9.10. The Balaban J connectivity index is 0.000000210. The molecule has 1 unspecified atom stereocenters. The number of carbonyl (C=O) groups excluding carboxylic acids is 1. The van der Waals surface area contributed by atoms with Crippen molar-refractivity contribution in [2.24, 2.45) is 5.92 Å². The summed E-state index contributed by atoms with van der Waals surface area (Å²) in [4.78, 5) is 23.5. The molecule has 1 amide bonds. The Labute approximate surface area is 191 Å². The molecule has 31 heavy (non-hydrogen) atoms. The molecule has 0 bridgehead atoms. The molecule has 5 nitrogen and oxygen atoms in total. The van der Waals surface area contributed by atoms with E-state index in [1.165, 1.54) is 44.9 Å². The fourth-order valence-corrected chi connectivity index (χ4v) is 4.85. The van der Waals surface area contributed by atoms with Gasteiger partial charge in [-0.25, -0.2) is 4.98 Å². The van der Waals surface area contributed by atoms with Gasteiger partial charge in [0.1, 0.15) is 5.82 Å². The van der Waals surface area contributed by atoms with Crippen molar-refractivity contribution in [3.8, 4) is 11.1 Å². The normalized spacial score (nSPS) is 19.3. The third kappa shape index (κ3) is 6.67. The molecule has 0 aromatic carbocycles. The topological polar surface area (TPSA) is 49.3 Å². The fourth-order valence-electron chi connectivity index (χ4n) is 4.57. The molecule has 2 aliphatic rings. The van der Waals surface area contributed by atoms with Crippen molar-refractivity contribution in [2.45, 2.75) is 64.8 Å². The van der Waals surface area contributed by atoms with E-state index < -0.39 is 0 Å². The van der Waals surface area contributed by atoms with Gasteiger partial charge in [-0.05, 0) is 50.7 Å². The molecule has 0 spiro atoms. The maximum Gasteiger partial charge on any atom is 0.209 e. The van der Waals surface area contributed by atoms with E-state index in [1.54, 1.807) is 6.20 Å². The Morgan fingerprint density at radius 1 is 1.16 bits per heavy atom. The lowest BCUT2D eigenvalue weighted by Crippen LogP contribution is -2.35. The van der Waals surface area contributed by atoms with Crippen LogP contribution in [-0.4, -0.2) is 47.0 Å². The molecule has 168 valence electrons. The summed E-state index contributed by atoms with van der Waals surface area (Å²) in [5.74, 6) is 1.62. The molecule has 1 aliphatic heterocycles. The summed E-state index contributed by atoms with van der Waals surface area (Å²) in [5.41, 5.74) is 2.05. The van der Waals surface area contributed by atoms with Gasteiger partial charge in [-0.15, -0.1) is 0 Å². The van der Waals surface area contributed by atoms with Crippen LogP contribution in [0.1, 0.15) is 58.8 Å². The molecule has 1 atom stereocenters. The molecule has 2 fully saturated rings. The van der Waals surface area contributed by atoms with Crippen molar-refractivity contribution in [2.75, 3.05) is 24.5 Å². The smallest absolute Gasteiger partial charge is 0.209 e. The molecule has 2 aromatic heterocycles. The van der Waals surface area contributed by atoms with Crippen molar-refractivity contribution in [3.63, 3.8) is 0 Å². The van der Waals surface area contributed by atoms with Gasteiger partial charge in [0.15, 0.2) is 0 Å². The third-order valence-corrected chi connectivity index (χ3v) is 6.60. The average molecular weight is 443 g/mol. The van der Waals surface area contributed by atoms with Gasteiger partial charge in [0.25, 0.3) is 0 Å². The van der Waals surface area contributed by atoms with Crippen LogP contribution in [0.4, 0.5) is 5.82 Å². The number of aromatic nitrogens is 2. The number of carbonyl (C=O) groups is 1. The van der Waals surface area contributed by atoms with Gasteiger partial charge in [0.05, 0.1) is 5.02 Å². The lowest BCUT2D eigenvalue weighted by Gasteiger charge is -2.32. The first-order valence-electron chi connectivity index (χ1n) is 11.6. The van der Waals surface area contributed by atoms with Gasteiger partial charge >= 0.3 is 0 Å². The van der Waals surface area contributed by atoms with Gasteiger partial charge < -0.3 is 9.80 Å². The van der Waals surface area contributed by atoms with Crippen LogP contribution in [-0.2, 0) is 4.79 Å². The SMILES string of the molecule is CC1CCCN(c2ncc(-c3cccnc3)cc2Cl)C1.CCN(C=O)C1CCCCC1. The van der Waals surface area contributed by atoms with Gasteiger partial charge in [0.2, 0.25) is 6.41 Å². The van der Waals surface area contributed by atoms with E-state index in [0.29, 0.717) is 12.0 Å². The molecular formula is C25H35ClN4O. The number of halogens is 1. The van der Waals surface area contributed by atoms with E-state index >= 15 is 0 Å². The molecule has 3 heterocycles. The Morgan fingerprint density at radius 2 is 1.97 bits per heavy atom. The fraction of sp³-hybridized carbons (Fsp3) is 0.560. The molecule has 6 heteroatoms. The van der Waals surface area contributed by atoms with Crippen LogP contribution in [0, 0.1) is 5.92 Å². The Bertz CT molecular complexity index is 810. The zero-order valence-corrected chi connectivity index (χ0v) is 19.6. The Kier molecular flexibility index (Phi) is 9.13. The molecule has 0 N–H and O–H groups in total. The maximum atomic E-state index is 10.6. The summed E-state index contributed by atoms with van der Waals surface area (Å²) in [6, 6.07) is 6.47. The van der Waals surface area contributed by atoms with Crippen LogP contribution in [0.5, 0.6) is 0 Å². The van der Waals surface area contributed by atoms with Crippen molar-refractivity contribution >= 4 is 23.8 Å². The highest BCUT2D eigenvalue weighted by Gasteiger charge is 2.20. The second kappa shape index (κ2) is 12.0. The number of rotatable bonds is 5. The van der Waals surface area contributed by atoms with E-state index in [9.17, 15) is 4.79 Å². The molecule has 1 saturated heterocycles. The van der Waals surface area contributed by atoms with Crippen molar-refractivity contribution in [1.82, 2.24) is 14.9 Å². The highest BCUT2D eigenvalue weighted by molar-refractivity contribution is 6.33. The molecule has 2 aromatic rings. The highest BCUT2D eigenvalue weighted by Crippen LogP contribution is 2.31.